The van der Waals surface area contributed by atoms with Gasteiger partial charge in [-0.05, 0) is 90.0 Å². The summed E-state index contributed by atoms with van der Waals surface area (Å²) in [5, 5.41) is 60.6. The fraction of sp³-hybridized carbons (Fsp3) is 0.340. The molecule has 0 bridgehead atoms. The van der Waals surface area contributed by atoms with Gasteiger partial charge in [0.1, 0.15) is 6.54 Å². The van der Waals surface area contributed by atoms with Gasteiger partial charge < -0.3 is 56.8 Å². The summed E-state index contributed by atoms with van der Waals surface area (Å²) in [7, 11) is 13.3. The highest BCUT2D eigenvalue weighted by Gasteiger charge is 2.37. The Kier molecular flexibility index (Phi) is 29.8. The van der Waals surface area contributed by atoms with Crippen molar-refractivity contribution in [1.29, 1.82) is 0 Å². The number of primary amides is 1. The molecule has 20 rings (SSSR count). The van der Waals surface area contributed by atoms with Crippen LogP contribution < -0.4 is 32.3 Å². The number of halogens is 6. The Hall–Kier alpha value is -16.4. The maximum atomic E-state index is 13.0. The van der Waals surface area contributed by atoms with E-state index in [0.29, 0.717) is 106 Å². The Balaban J connectivity index is 0.000000129. The fourth-order valence-corrected chi connectivity index (χ4v) is 17.8. The molecule has 0 saturated heterocycles. The van der Waals surface area contributed by atoms with Gasteiger partial charge in [0.05, 0.1) is 75.2 Å². The van der Waals surface area contributed by atoms with Crippen molar-refractivity contribution in [3.05, 3.63) is 239 Å². The van der Waals surface area contributed by atoms with Crippen LogP contribution in [0.4, 0.5) is 83.9 Å². The van der Waals surface area contributed by atoms with E-state index in [4.69, 9.17) is 5.73 Å². The second kappa shape index (κ2) is 42.7. The number of benzene rings is 5. The maximum Gasteiger partial charge on any atom is 0.408 e. The zero-order valence-corrected chi connectivity index (χ0v) is 81.4. The van der Waals surface area contributed by atoms with E-state index in [9.17, 15) is 55.1 Å². The average Bonchev–Trinajstić information content (AvgIpc) is 1.65. The van der Waals surface area contributed by atoms with Crippen molar-refractivity contribution in [3.63, 3.8) is 0 Å². The number of rotatable bonds is 21. The average molecular weight is 1960 g/mol. The number of carbonyl (C=O) groups is 6. The van der Waals surface area contributed by atoms with Gasteiger partial charge in [-0.2, -0.15) is 77.3 Å². The van der Waals surface area contributed by atoms with Crippen molar-refractivity contribution in [3.8, 4) is 56.0 Å². The first kappa shape index (κ1) is 99.6. The van der Waals surface area contributed by atoms with Crippen LogP contribution in [0, 0.1) is 0 Å². The molecule has 7 N–H and O–H groups in total. The predicted molar refractivity (Wildman–Crippen MR) is 527 cm³/mol. The minimum absolute atomic E-state index is 0.0381. The number of nitrogens with one attached hydrogen (secondary N) is 5. The number of amides is 6. The molecule has 15 heterocycles. The molecule has 15 aromatic rings. The molecule has 10 aromatic heterocycles. The van der Waals surface area contributed by atoms with Crippen molar-refractivity contribution >= 4 is 93.0 Å². The van der Waals surface area contributed by atoms with Gasteiger partial charge in [-0.1, -0.05) is 60.7 Å². The van der Waals surface area contributed by atoms with Crippen LogP contribution in [0.3, 0.4) is 0 Å². The smallest absolute Gasteiger partial charge is 0.370 e. The number of fused-ring (bicyclic) bond motifs is 5. The lowest BCUT2D eigenvalue weighted by Crippen LogP contribution is -2.35. The molecule has 0 unspecified atom stereocenters. The maximum absolute atomic E-state index is 13.0. The number of nitrogens with zero attached hydrogens (tertiary/aromatic N) is 25. The molecule has 0 spiro atoms. The Labute approximate surface area is 820 Å². The second-order valence-electron chi connectivity index (χ2n) is 35.8. The molecule has 5 aliphatic rings. The van der Waals surface area contributed by atoms with Crippen molar-refractivity contribution < 1.29 is 55.1 Å². The number of hydrogen-bond acceptors (Lipinski definition) is 21. The molecular formula is C100H113F6N31O6. The summed E-state index contributed by atoms with van der Waals surface area (Å²) >= 11 is 0. The van der Waals surface area contributed by atoms with Gasteiger partial charge in [-0.25, -0.2) is 0 Å². The van der Waals surface area contributed by atoms with Gasteiger partial charge >= 0.3 is 12.4 Å². The molecule has 0 atom stereocenters. The molecule has 5 aliphatic heterocycles. The second-order valence-corrected chi connectivity index (χ2v) is 35.8. The van der Waals surface area contributed by atoms with E-state index >= 15 is 0 Å². The van der Waals surface area contributed by atoms with E-state index in [1.165, 1.54) is 29.9 Å². The van der Waals surface area contributed by atoms with E-state index in [0.717, 1.165) is 155 Å². The number of aromatic nitrogens is 20. The van der Waals surface area contributed by atoms with E-state index in [1.807, 2.05) is 238 Å². The quantitative estimate of drug-likeness (QED) is 0.0364. The van der Waals surface area contributed by atoms with Crippen molar-refractivity contribution in [2.24, 2.45) is 55.1 Å². The third kappa shape index (κ3) is 24.5. The van der Waals surface area contributed by atoms with Gasteiger partial charge in [0.25, 0.3) is 0 Å². The summed E-state index contributed by atoms with van der Waals surface area (Å²) in [5.41, 5.74) is 28.7. The molecule has 43 heteroatoms. The van der Waals surface area contributed by atoms with Crippen molar-refractivity contribution in [2.75, 3.05) is 59.3 Å². The van der Waals surface area contributed by atoms with Crippen molar-refractivity contribution in [2.45, 2.75) is 144 Å². The Bertz CT molecular complexity index is 6930. The molecule has 0 aliphatic carbocycles. The Morgan fingerprint density at radius 1 is 0.315 bits per heavy atom. The van der Waals surface area contributed by atoms with Gasteiger partial charge in [0.15, 0.2) is 29.1 Å². The first-order chi connectivity index (χ1) is 68.3. The van der Waals surface area contributed by atoms with Crippen LogP contribution >= 0.6 is 0 Å². The SMILES string of the molecule is CC(=O)N1CCc2c(c(Nc3ccc(-c4ccn(C)n4)cc3)nn2C)C1.CC(=O)N1CCc2c(c(Nc3ccc(-c4ccn(C)n4)cc3)nn2CCC(F)(F)F)C1.CC(=O)N1CCc2c(c(Nc3ccc(-c4ccn(C)n4)cc3)nn2CCC(N)=O)C1.CC(=O)N1CCc2c(c(Nc3ccc(-c4cnn(C)c4)cc3)nn2C)C1.CC(=O)N1CCc2c(c(Nc3ccc(-c4cnn(C)c4)cc3)nn2CC(F)(F)F)C1. The van der Waals surface area contributed by atoms with Crippen LogP contribution in [0.1, 0.15) is 104 Å². The molecular weight excluding hydrogens is 1850 g/mol. The van der Waals surface area contributed by atoms with E-state index in [-0.39, 0.29) is 55.0 Å². The van der Waals surface area contributed by atoms with Crippen LogP contribution in [-0.4, -0.2) is 203 Å². The Morgan fingerprint density at radius 3 is 0.839 bits per heavy atom. The number of alkyl halides is 6. The normalized spacial score (nSPS) is 13.7. The highest BCUT2D eigenvalue weighted by molar-refractivity contribution is 5.80. The van der Waals surface area contributed by atoms with Crippen LogP contribution in [0.25, 0.3) is 56.0 Å². The molecule has 0 fully saturated rings. The third-order valence-electron chi connectivity index (χ3n) is 25.5. The zero-order valence-electron chi connectivity index (χ0n) is 81.4. The zero-order chi connectivity index (χ0) is 101. The molecule has 143 heavy (non-hydrogen) atoms. The summed E-state index contributed by atoms with van der Waals surface area (Å²) < 4.78 is 94.2. The van der Waals surface area contributed by atoms with Crippen LogP contribution in [0.15, 0.2) is 183 Å². The minimum atomic E-state index is -4.37. The van der Waals surface area contributed by atoms with E-state index in [2.05, 4.69) is 89.7 Å². The van der Waals surface area contributed by atoms with E-state index < -0.39 is 25.3 Å². The monoisotopic (exact) mass is 1960 g/mol. The number of aryl methyl sites for hydroxylation is 9. The topological polar surface area (TPSA) is 383 Å². The van der Waals surface area contributed by atoms with Crippen LogP contribution in [0.2, 0.25) is 0 Å². The Morgan fingerprint density at radius 2 is 0.580 bits per heavy atom. The molecule has 0 radical (unpaired) electrons. The largest absolute Gasteiger partial charge is 0.408 e. The number of anilines is 10. The first-order valence-corrected chi connectivity index (χ1v) is 46.7. The van der Waals surface area contributed by atoms with Crippen molar-refractivity contribution in [1.82, 2.24) is 122 Å². The molecule has 5 aromatic carbocycles. The lowest BCUT2D eigenvalue weighted by Gasteiger charge is -2.27. The van der Waals surface area contributed by atoms with E-state index in [1.54, 1.807) is 65.1 Å². The number of nitrogens with two attached hydrogens (primary N) is 1. The third-order valence-corrected chi connectivity index (χ3v) is 25.5. The summed E-state index contributed by atoms with van der Waals surface area (Å²) in [6.45, 7) is 12.0. The first-order valence-electron chi connectivity index (χ1n) is 46.7. The van der Waals surface area contributed by atoms with Gasteiger partial charge in [0.2, 0.25) is 35.4 Å². The molecule has 746 valence electrons. The molecule has 37 nitrogen and oxygen atoms in total. The predicted octanol–water partition coefficient (Wildman–Crippen LogP) is 14.1. The lowest BCUT2D eigenvalue weighted by atomic mass is 10.1. The number of carbonyl (C=O) groups excluding carboxylic acids is 6. The van der Waals surface area contributed by atoms with Gasteiger partial charge in [-0.15, -0.1) is 0 Å². The van der Waals surface area contributed by atoms with Crippen LogP contribution in [-0.2, 0) is 163 Å². The molecule has 0 saturated carbocycles. The minimum Gasteiger partial charge on any atom is -0.370 e. The summed E-state index contributed by atoms with van der Waals surface area (Å²) in [5.74, 6) is 2.86. The lowest BCUT2D eigenvalue weighted by molar-refractivity contribution is -0.143. The van der Waals surface area contributed by atoms with Gasteiger partial charge in [0, 0.05) is 305 Å². The fourth-order valence-electron chi connectivity index (χ4n) is 17.8. The summed E-state index contributed by atoms with van der Waals surface area (Å²) in [6.07, 6.45) is 7.02. The summed E-state index contributed by atoms with van der Waals surface area (Å²) in [4.78, 5) is 79.0. The highest BCUT2D eigenvalue weighted by atomic mass is 19.4. The highest BCUT2D eigenvalue weighted by Crippen LogP contribution is 2.39. The van der Waals surface area contributed by atoms with Crippen LogP contribution in [0.5, 0.6) is 0 Å². The standard InChI is InChI=1S/C21H23F3N6O.C21H25N7O2.C20H21F3N6O.2C19H22N6O/c1-14(31)29-11-8-19-17(13-29)20(27-30(19)12-9-21(22,23)24)25-16-5-3-15(4-6-16)18-7-10-28(2)26-18;1-14(29)27-11-8-19-17(13-27)21(25-28(19)12-9-20(22)30)23-16-5-3-15(4-6-16)18-7-10-26(2)24-18;1-13(30)28-8-7-18-17(11-28)19(26-29(18)12-20(21,22)23)25-16-5-3-14(4-6-16)15-9-24-27(2)10-15;1-13(26)25-11-9-18-16(12-25)19(22-24(18)3)20-15-6-4-14(5-7-15)17-8-10-23(2)21-17;1-13(26)25-9-8-18-17(12-25)19(22-24(18)3)21-16-6-4-14(5-7-16)15-10-20-23(2)11-15/h3-7,10H,8-9,11-13H2,1-2H3,(H,25,27);3-7,10H,8-9,11-13H2,1-2H3,(H2,22,30)(H,23,25);3-6,9-10H,7-8,11-12H2,1-2H3,(H,25,26);4-8,10H,9,11-12H2,1-3H3,(H,20,22);4-7,10-11H,8-9,12H2,1-3H3,(H,21,22). The summed E-state index contributed by atoms with van der Waals surface area (Å²) in [6, 6.07) is 45.2. The molecule has 6 amide bonds. The van der Waals surface area contributed by atoms with Gasteiger partial charge in [-0.3, -0.25) is 75.6 Å². The number of hydrogen-bond donors (Lipinski definition) is 6.